The summed E-state index contributed by atoms with van der Waals surface area (Å²) in [4.78, 5) is 15.1. The van der Waals surface area contributed by atoms with Crippen molar-refractivity contribution in [3.8, 4) is 0 Å². The van der Waals surface area contributed by atoms with Gasteiger partial charge in [-0.15, -0.1) is 0 Å². The maximum Gasteiger partial charge on any atom is 0.255 e. The molecule has 1 amide bonds. The number of anilines is 2. The number of carbonyl (C=O) groups is 1. The zero-order valence-corrected chi connectivity index (χ0v) is 15.8. The lowest BCUT2D eigenvalue weighted by atomic mass is 9.99. The first-order valence-electron chi connectivity index (χ1n) is 9.40. The molecule has 0 unspecified atom stereocenters. The smallest absolute Gasteiger partial charge is 0.255 e. The summed E-state index contributed by atoms with van der Waals surface area (Å²) in [5.74, 6) is -0.0667. The van der Waals surface area contributed by atoms with E-state index in [4.69, 9.17) is 0 Å². The second-order valence-corrected chi connectivity index (χ2v) is 7.32. The van der Waals surface area contributed by atoms with E-state index in [9.17, 15) is 4.79 Å². The lowest BCUT2D eigenvalue weighted by Crippen LogP contribution is -2.30. The largest absolute Gasteiger partial charge is 0.367 e. The Hall–Kier alpha value is -3.07. The molecule has 3 aromatic rings. The van der Waals surface area contributed by atoms with Gasteiger partial charge in [-0.3, -0.25) is 4.79 Å². The monoisotopic (exact) mass is 356 g/mol. The molecule has 0 atom stereocenters. The van der Waals surface area contributed by atoms with Crippen LogP contribution in [0.25, 0.3) is 0 Å². The van der Waals surface area contributed by atoms with Crippen LogP contribution in [0, 0.1) is 13.8 Å². The number of benzene rings is 3. The number of amides is 1. The first-order chi connectivity index (χ1) is 13.1. The van der Waals surface area contributed by atoms with Gasteiger partial charge >= 0.3 is 0 Å². The third kappa shape index (κ3) is 3.87. The first-order valence-corrected chi connectivity index (χ1v) is 9.40. The molecule has 136 valence electrons. The van der Waals surface area contributed by atoms with E-state index in [1.165, 1.54) is 11.1 Å². The van der Waals surface area contributed by atoms with Gasteiger partial charge in [0.2, 0.25) is 0 Å². The minimum atomic E-state index is -0.0667. The Labute approximate surface area is 160 Å². The molecule has 27 heavy (non-hydrogen) atoms. The van der Waals surface area contributed by atoms with Gasteiger partial charge in [0, 0.05) is 30.0 Å². The molecule has 3 nitrogen and oxygen atoms in total. The second kappa shape index (κ2) is 7.28. The van der Waals surface area contributed by atoms with E-state index < -0.39 is 0 Å². The molecule has 0 fully saturated rings. The van der Waals surface area contributed by atoms with Crippen molar-refractivity contribution in [3.63, 3.8) is 0 Å². The predicted molar refractivity (Wildman–Crippen MR) is 112 cm³/mol. The molecule has 1 heterocycles. The summed E-state index contributed by atoms with van der Waals surface area (Å²) >= 11 is 0. The molecule has 0 radical (unpaired) electrons. The van der Waals surface area contributed by atoms with Crippen molar-refractivity contribution in [2.45, 2.75) is 26.8 Å². The van der Waals surface area contributed by atoms with Crippen molar-refractivity contribution in [1.82, 2.24) is 0 Å². The number of hydrogen-bond acceptors (Lipinski definition) is 2. The van der Waals surface area contributed by atoms with E-state index in [1.807, 2.05) is 50.2 Å². The topological polar surface area (TPSA) is 32.3 Å². The summed E-state index contributed by atoms with van der Waals surface area (Å²) < 4.78 is 0. The van der Waals surface area contributed by atoms with Gasteiger partial charge in [0.05, 0.1) is 0 Å². The highest BCUT2D eigenvalue weighted by molar-refractivity contribution is 6.05. The standard InChI is InChI=1S/C24H24N2O/c1-17-6-5-9-22(13-17)25-24(27)21-12-18(2)14-23(15-21)26-11-10-19-7-3-4-8-20(19)16-26/h3-9,12-15H,10-11,16H2,1-2H3,(H,25,27). The van der Waals surface area contributed by atoms with Crippen molar-refractivity contribution < 1.29 is 4.79 Å². The van der Waals surface area contributed by atoms with Crippen LogP contribution in [0.1, 0.15) is 32.6 Å². The van der Waals surface area contributed by atoms with E-state index in [2.05, 4.69) is 40.5 Å². The van der Waals surface area contributed by atoms with Crippen molar-refractivity contribution in [2.24, 2.45) is 0 Å². The molecule has 0 aliphatic carbocycles. The Morgan fingerprint density at radius 2 is 1.70 bits per heavy atom. The third-order valence-corrected chi connectivity index (χ3v) is 5.10. The molecular formula is C24H24N2O. The van der Waals surface area contributed by atoms with Crippen LogP contribution in [0.3, 0.4) is 0 Å². The zero-order valence-electron chi connectivity index (χ0n) is 15.8. The van der Waals surface area contributed by atoms with Crippen LogP contribution < -0.4 is 10.2 Å². The Kier molecular flexibility index (Phi) is 4.68. The van der Waals surface area contributed by atoms with Crippen LogP contribution in [0.4, 0.5) is 11.4 Å². The molecule has 3 heteroatoms. The lowest BCUT2D eigenvalue weighted by molar-refractivity contribution is 0.102. The fourth-order valence-corrected chi connectivity index (χ4v) is 3.72. The third-order valence-electron chi connectivity index (χ3n) is 5.10. The lowest BCUT2D eigenvalue weighted by Gasteiger charge is -2.31. The van der Waals surface area contributed by atoms with Gasteiger partial charge in [0.25, 0.3) is 5.91 Å². The minimum Gasteiger partial charge on any atom is -0.367 e. The van der Waals surface area contributed by atoms with Crippen molar-refractivity contribution in [1.29, 1.82) is 0 Å². The fraction of sp³-hybridized carbons (Fsp3) is 0.208. The number of nitrogens with zero attached hydrogens (tertiary/aromatic N) is 1. The van der Waals surface area contributed by atoms with Gasteiger partial charge in [0.1, 0.15) is 0 Å². The Balaban J connectivity index is 1.57. The average Bonchev–Trinajstić information content (AvgIpc) is 2.67. The Morgan fingerprint density at radius 3 is 2.52 bits per heavy atom. The summed E-state index contributed by atoms with van der Waals surface area (Å²) in [6.45, 7) is 5.93. The minimum absolute atomic E-state index is 0.0667. The van der Waals surface area contributed by atoms with E-state index in [1.54, 1.807) is 0 Å². The Bertz CT molecular complexity index is 993. The maximum absolute atomic E-state index is 12.8. The van der Waals surface area contributed by atoms with Gasteiger partial charge in [-0.1, -0.05) is 36.4 Å². The van der Waals surface area contributed by atoms with Crippen LogP contribution in [0.5, 0.6) is 0 Å². The number of aryl methyl sites for hydroxylation is 2. The van der Waals surface area contributed by atoms with Gasteiger partial charge < -0.3 is 10.2 Å². The highest BCUT2D eigenvalue weighted by atomic mass is 16.1. The van der Waals surface area contributed by atoms with Gasteiger partial charge in [-0.05, 0) is 72.9 Å². The summed E-state index contributed by atoms with van der Waals surface area (Å²) in [6, 6.07) is 22.6. The zero-order chi connectivity index (χ0) is 18.8. The highest BCUT2D eigenvalue weighted by Crippen LogP contribution is 2.26. The number of fused-ring (bicyclic) bond motifs is 1. The average molecular weight is 356 g/mol. The quantitative estimate of drug-likeness (QED) is 0.706. The number of carbonyl (C=O) groups excluding carboxylic acids is 1. The van der Waals surface area contributed by atoms with Crippen molar-refractivity contribution >= 4 is 17.3 Å². The molecule has 4 rings (SSSR count). The number of hydrogen-bond donors (Lipinski definition) is 1. The number of nitrogens with one attached hydrogen (secondary N) is 1. The molecule has 1 aliphatic rings. The second-order valence-electron chi connectivity index (χ2n) is 7.32. The van der Waals surface area contributed by atoms with Crippen LogP contribution in [-0.4, -0.2) is 12.5 Å². The predicted octanol–water partition coefficient (Wildman–Crippen LogP) is 5.12. The molecule has 0 aromatic heterocycles. The molecule has 0 spiro atoms. The highest BCUT2D eigenvalue weighted by Gasteiger charge is 2.18. The molecule has 1 N–H and O–H groups in total. The SMILES string of the molecule is Cc1cccc(NC(=O)c2cc(C)cc(N3CCc4ccccc4C3)c2)c1. The molecule has 1 aliphatic heterocycles. The van der Waals surface area contributed by atoms with E-state index >= 15 is 0 Å². The number of rotatable bonds is 3. The molecule has 0 saturated heterocycles. The summed E-state index contributed by atoms with van der Waals surface area (Å²) in [5, 5.41) is 3.01. The molecular weight excluding hydrogens is 332 g/mol. The van der Waals surface area contributed by atoms with Gasteiger partial charge in [-0.2, -0.15) is 0 Å². The van der Waals surface area contributed by atoms with Gasteiger partial charge in [-0.25, -0.2) is 0 Å². The van der Waals surface area contributed by atoms with Crippen LogP contribution in [0.2, 0.25) is 0 Å². The molecule has 3 aromatic carbocycles. The Morgan fingerprint density at radius 1 is 0.889 bits per heavy atom. The summed E-state index contributed by atoms with van der Waals surface area (Å²) in [5.41, 5.74) is 7.67. The fourth-order valence-electron chi connectivity index (χ4n) is 3.72. The van der Waals surface area contributed by atoms with Gasteiger partial charge in [0.15, 0.2) is 0 Å². The maximum atomic E-state index is 12.8. The normalized spacial score (nSPS) is 13.2. The van der Waals surface area contributed by atoms with E-state index in [-0.39, 0.29) is 5.91 Å². The summed E-state index contributed by atoms with van der Waals surface area (Å²) in [7, 11) is 0. The molecule has 0 bridgehead atoms. The van der Waals surface area contributed by atoms with Crippen LogP contribution in [-0.2, 0) is 13.0 Å². The van der Waals surface area contributed by atoms with Crippen LogP contribution in [0.15, 0.2) is 66.7 Å². The summed E-state index contributed by atoms with van der Waals surface area (Å²) in [6.07, 6.45) is 1.04. The van der Waals surface area contributed by atoms with E-state index in [0.717, 1.165) is 42.0 Å². The van der Waals surface area contributed by atoms with Crippen LogP contribution >= 0.6 is 0 Å². The van der Waals surface area contributed by atoms with Crippen molar-refractivity contribution in [2.75, 3.05) is 16.8 Å². The molecule has 0 saturated carbocycles. The van der Waals surface area contributed by atoms with E-state index in [0.29, 0.717) is 5.56 Å². The van der Waals surface area contributed by atoms with Crippen molar-refractivity contribution in [3.05, 3.63) is 94.5 Å². The first kappa shape index (κ1) is 17.3.